The van der Waals surface area contributed by atoms with Crippen molar-refractivity contribution in [2.75, 3.05) is 17.9 Å². The first-order valence-electron chi connectivity index (χ1n) is 3.81. The van der Waals surface area contributed by atoms with Crippen LogP contribution in [-0.4, -0.2) is 34.7 Å². The van der Waals surface area contributed by atoms with E-state index in [1.807, 2.05) is 0 Å². The third-order valence-electron chi connectivity index (χ3n) is 1.12. The Morgan fingerprint density at radius 1 is 1.21 bits per heavy atom. The van der Waals surface area contributed by atoms with Gasteiger partial charge in [-0.3, -0.25) is 0 Å². The molecule has 0 aliphatic heterocycles. The second-order valence-electron chi connectivity index (χ2n) is 2.73. The molecule has 82 valence electrons. The van der Waals surface area contributed by atoms with Crippen molar-refractivity contribution in [2.24, 2.45) is 0 Å². The van der Waals surface area contributed by atoms with Crippen LogP contribution in [0.4, 0.5) is 0 Å². The molecule has 0 saturated carbocycles. The van der Waals surface area contributed by atoms with E-state index < -0.39 is 24.9 Å². The van der Waals surface area contributed by atoms with E-state index in [0.29, 0.717) is 6.42 Å². The van der Waals surface area contributed by atoms with Crippen LogP contribution < -0.4 is 4.72 Å². The van der Waals surface area contributed by atoms with Crippen molar-refractivity contribution < 1.29 is 16.8 Å². The van der Waals surface area contributed by atoms with Gasteiger partial charge in [0.2, 0.25) is 10.0 Å². The lowest BCUT2D eigenvalue weighted by atomic mass is 10.4. The van der Waals surface area contributed by atoms with Crippen molar-refractivity contribution in [1.29, 1.82) is 0 Å². The monoisotopic (exact) mass is 239 g/mol. The lowest BCUT2D eigenvalue weighted by Gasteiger charge is -2.02. The molecule has 1 N–H and O–H groups in total. The summed E-state index contributed by atoms with van der Waals surface area (Å²) in [7, 11) is -7.24. The maximum atomic E-state index is 11.1. The third-order valence-corrected chi connectivity index (χ3v) is 4.72. The van der Waals surface area contributed by atoms with Gasteiger partial charge in [-0.2, -0.15) is 0 Å². The summed E-state index contributed by atoms with van der Waals surface area (Å²) in [6, 6.07) is 0. The summed E-state index contributed by atoms with van der Waals surface area (Å²) >= 11 is 0. The van der Waals surface area contributed by atoms with Crippen LogP contribution in [0.1, 0.15) is 13.3 Å². The number of rotatable bonds is 5. The van der Waals surface area contributed by atoms with Gasteiger partial charge in [-0.15, -0.1) is 11.8 Å². The summed E-state index contributed by atoms with van der Waals surface area (Å²) in [6.07, 6.45) is 1.25. The Morgan fingerprint density at radius 2 is 1.79 bits per heavy atom. The normalized spacial score (nSPS) is 11.9. The van der Waals surface area contributed by atoms with Gasteiger partial charge in [0, 0.05) is 19.2 Å². The molecule has 0 amide bonds. The van der Waals surface area contributed by atoms with E-state index in [4.69, 9.17) is 0 Å². The van der Waals surface area contributed by atoms with E-state index in [1.54, 1.807) is 6.92 Å². The van der Waals surface area contributed by atoms with Crippen molar-refractivity contribution in [3.8, 4) is 11.8 Å². The molecule has 0 aliphatic rings. The van der Waals surface area contributed by atoms with Crippen LogP contribution in [0.5, 0.6) is 0 Å². The van der Waals surface area contributed by atoms with Crippen molar-refractivity contribution in [2.45, 2.75) is 13.3 Å². The smallest absolute Gasteiger partial charge is 0.226 e. The van der Waals surface area contributed by atoms with Crippen molar-refractivity contribution in [1.82, 2.24) is 4.72 Å². The molecule has 0 aromatic rings. The Balaban J connectivity index is 4.15. The Kier molecular flexibility index (Phi) is 5.12. The summed E-state index contributed by atoms with van der Waals surface area (Å²) in [5.74, 6) is 5.26. The fourth-order valence-electron chi connectivity index (χ4n) is 0.718. The zero-order chi connectivity index (χ0) is 11.2. The lowest BCUT2D eigenvalue weighted by Crippen LogP contribution is -2.30. The average Bonchev–Trinajstić information content (AvgIpc) is 1.93. The highest BCUT2D eigenvalue weighted by Gasteiger charge is 2.16. The van der Waals surface area contributed by atoms with Gasteiger partial charge in [0.15, 0.2) is 14.9 Å². The largest absolute Gasteiger partial charge is 0.228 e. The third kappa shape index (κ3) is 8.04. The number of sulfonamides is 1. The molecule has 0 unspecified atom stereocenters. The van der Waals surface area contributed by atoms with Gasteiger partial charge in [0.05, 0.1) is 0 Å². The van der Waals surface area contributed by atoms with Gasteiger partial charge in [-0.25, -0.2) is 21.6 Å². The molecule has 0 aliphatic carbocycles. The fraction of sp³-hybridized carbons (Fsp3) is 0.714. The van der Waals surface area contributed by atoms with Gasteiger partial charge in [0.25, 0.3) is 0 Å². The number of sulfone groups is 1. The molecule has 0 spiro atoms. The van der Waals surface area contributed by atoms with Crippen molar-refractivity contribution in [3.63, 3.8) is 0 Å². The number of hydrogen-bond acceptors (Lipinski definition) is 4. The fourth-order valence-corrected chi connectivity index (χ4v) is 3.72. The molecule has 0 rings (SSSR count). The molecular weight excluding hydrogens is 226 g/mol. The quantitative estimate of drug-likeness (QED) is 0.509. The maximum absolute atomic E-state index is 11.1. The molecule has 0 aromatic carbocycles. The zero-order valence-electron chi connectivity index (χ0n) is 8.07. The Bertz CT molecular complexity index is 424. The zero-order valence-corrected chi connectivity index (χ0v) is 9.70. The molecule has 5 nitrogen and oxygen atoms in total. The number of hydrogen-bond donors (Lipinski definition) is 1. The van der Waals surface area contributed by atoms with E-state index in [0.717, 1.165) is 6.26 Å². The maximum Gasteiger partial charge on any atom is 0.226 e. The van der Waals surface area contributed by atoms with E-state index >= 15 is 0 Å². The molecule has 7 heteroatoms. The second kappa shape index (κ2) is 5.34. The van der Waals surface area contributed by atoms with E-state index in [1.165, 1.54) is 0 Å². The van der Waals surface area contributed by atoms with Crippen LogP contribution in [0.3, 0.4) is 0 Å². The average molecular weight is 239 g/mol. The van der Waals surface area contributed by atoms with Crippen LogP contribution >= 0.6 is 0 Å². The highest BCUT2D eigenvalue weighted by molar-refractivity contribution is 8.06. The molecule has 0 radical (unpaired) electrons. The minimum atomic E-state index is -3.73. The van der Waals surface area contributed by atoms with Gasteiger partial charge in [0.1, 0.15) is 0 Å². The van der Waals surface area contributed by atoms with Crippen molar-refractivity contribution >= 4 is 19.9 Å². The van der Waals surface area contributed by atoms with Crippen LogP contribution in [0, 0.1) is 11.8 Å². The first-order valence-corrected chi connectivity index (χ1v) is 7.53. The molecule has 0 fully saturated rings. The van der Waals surface area contributed by atoms with Crippen LogP contribution in [0.2, 0.25) is 0 Å². The van der Waals surface area contributed by atoms with Crippen LogP contribution in [0.25, 0.3) is 0 Å². The summed E-state index contributed by atoms with van der Waals surface area (Å²) < 4.78 is 45.7. The second-order valence-corrected chi connectivity index (χ2v) is 7.04. The van der Waals surface area contributed by atoms with Crippen LogP contribution in [0.15, 0.2) is 0 Å². The SMILES string of the molecule is CC#CCCNS(=O)(=O)CS(C)(=O)=O. The molecule has 14 heavy (non-hydrogen) atoms. The topological polar surface area (TPSA) is 80.3 Å². The summed E-state index contributed by atoms with van der Waals surface area (Å²) in [5.41, 5.74) is 0. The number of nitrogens with one attached hydrogen (secondary N) is 1. The highest BCUT2D eigenvalue weighted by Crippen LogP contribution is 1.91. The molecule has 0 saturated heterocycles. The van der Waals surface area contributed by atoms with Crippen molar-refractivity contribution in [3.05, 3.63) is 0 Å². The first-order chi connectivity index (χ1) is 6.27. The molecular formula is C7H13NO4S2. The standard InChI is InChI=1S/C7H13NO4S2/c1-3-4-5-6-8-14(11,12)7-13(2,9)10/h8H,5-7H2,1-2H3. The molecule has 0 heterocycles. The first kappa shape index (κ1) is 13.4. The molecule has 0 bridgehead atoms. The molecule has 0 aromatic heterocycles. The summed E-state index contributed by atoms with van der Waals surface area (Å²) in [6.45, 7) is 1.78. The van der Waals surface area contributed by atoms with Crippen LogP contribution in [-0.2, 0) is 19.9 Å². The predicted molar refractivity (Wildman–Crippen MR) is 54.7 cm³/mol. The lowest BCUT2D eigenvalue weighted by molar-refractivity contribution is 0.581. The Morgan fingerprint density at radius 3 is 2.21 bits per heavy atom. The van der Waals surface area contributed by atoms with Gasteiger partial charge < -0.3 is 0 Å². The molecule has 0 atom stereocenters. The summed E-state index contributed by atoms with van der Waals surface area (Å²) in [4.78, 5) is 0. The van der Waals surface area contributed by atoms with Gasteiger partial charge in [-0.05, 0) is 6.92 Å². The van der Waals surface area contributed by atoms with Gasteiger partial charge in [-0.1, -0.05) is 0 Å². The Labute approximate surface area is 84.9 Å². The van der Waals surface area contributed by atoms with E-state index in [-0.39, 0.29) is 6.54 Å². The van der Waals surface area contributed by atoms with E-state index in [9.17, 15) is 16.8 Å². The van der Waals surface area contributed by atoms with Gasteiger partial charge >= 0.3 is 0 Å². The Hall–Kier alpha value is -0.580. The summed E-state index contributed by atoms with van der Waals surface area (Å²) in [5, 5.41) is -0.875. The minimum absolute atomic E-state index is 0.138. The predicted octanol–water partition coefficient (Wildman–Crippen LogP) is -0.679. The minimum Gasteiger partial charge on any atom is -0.228 e. The highest BCUT2D eigenvalue weighted by atomic mass is 32.3. The van der Waals surface area contributed by atoms with E-state index in [2.05, 4.69) is 16.6 Å².